The molecule has 1 fully saturated rings. The third-order valence-electron chi connectivity index (χ3n) is 4.66. The summed E-state index contributed by atoms with van der Waals surface area (Å²) in [5, 5.41) is 14.2. The van der Waals surface area contributed by atoms with E-state index in [2.05, 4.69) is 10.7 Å². The molecule has 2 aromatic carbocycles. The summed E-state index contributed by atoms with van der Waals surface area (Å²) in [5.74, 6) is -3.22. The highest BCUT2D eigenvalue weighted by atomic mass is 16.6. The number of benzene rings is 2. The number of hydrazine groups is 1. The lowest BCUT2D eigenvalue weighted by atomic mass is 10.1. The molecule has 11 nitrogen and oxygen atoms in total. The summed E-state index contributed by atoms with van der Waals surface area (Å²) >= 11 is 0. The van der Waals surface area contributed by atoms with Crippen LogP contribution in [0.15, 0.2) is 48.5 Å². The van der Waals surface area contributed by atoms with Crippen LogP contribution in [0.3, 0.4) is 0 Å². The van der Waals surface area contributed by atoms with Crippen LogP contribution in [0.5, 0.6) is 0 Å². The number of amides is 3. The fourth-order valence-corrected chi connectivity index (χ4v) is 3.10. The van der Waals surface area contributed by atoms with Crippen LogP contribution in [0.25, 0.3) is 0 Å². The lowest BCUT2D eigenvalue weighted by Gasteiger charge is -2.17. The van der Waals surface area contributed by atoms with Crippen molar-refractivity contribution in [3.8, 4) is 0 Å². The first-order valence-corrected chi connectivity index (χ1v) is 9.62. The second kappa shape index (κ2) is 9.69. The van der Waals surface area contributed by atoms with Gasteiger partial charge in [0.15, 0.2) is 6.61 Å². The maximum absolute atomic E-state index is 12.3. The molecule has 2 aromatic rings. The van der Waals surface area contributed by atoms with Crippen LogP contribution >= 0.6 is 0 Å². The van der Waals surface area contributed by atoms with Gasteiger partial charge in [-0.1, -0.05) is 23.8 Å². The Hall–Kier alpha value is -4.28. The van der Waals surface area contributed by atoms with Gasteiger partial charge in [0.1, 0.15) is 0 Å². The number of nitrogens with zero attached hydrogens (tertiary/aromatic N) is 2. The first kappa shape index (κ1) is 22.4. The van der Waals surface area contributed by atoms with Gasteiger partial charge >= 0.3 is 5.97 Å². The van der Waals surface area contributed by atoms with Crippen molar-refractivity contribution in [1.82, 2.24) is 10.4 Å². The lowest BCUT2D eigenvalue weighted by Crippen LogP contribution is -2.43. The molecule has 11 heteroatoms. The number of rotatable bonds is 7. The standard InChI is InChI=1S/C21H20N4O7/c1-13-4-2-5-14(8-13)20(28)23-24-11-15(9-19(24)27)21(29)32-12-18(26)22-16-6-3-7-17(10-16)25(30)31/h2-8,10,15H,9,11-12H2,1H3,(H,22,26)(H,23,28)/t15-/m0/s1. The van der Waals surface area contributed by atoms with Crippen molar-refractivity contribution in [3.05, 3.63) is 69.8 Å². The van der Waals surface area contributed by atoms with Crippen LogP contribution in [0.1, 0.15) is 22.3 Å². The van der Waals surface area contributed by atoms with Gasteiger partial charge in [-0.3, -0.25) is 39.7 Å². The number of esters is 1. The number of anilines is 1. The van der Waals surface area contributed by atoms with Gasteiger partial charge in [-0.2, -0.15) is 0 Å². The lowest BCUT2D eigenvalue weighted by molar-refractivity contribution is -0.384. The summed E-state index contributed by atoms with van der Waals surface area (Å²) in [6.07, 6.45) is -0.167. The molecule has 0 bridgehead atoms. The van der Waals surface area contributed by atoms with Gasteiger partial charge in [-0.05, 0) is 25.1 Å². The van der Waals surface area contributed by atoms with E-state index in [9.17, 15) is 29.3 Å². The van der Waals surface area contributed by atoms with Crippen LogP contribution in [0, 0.1) is 23.0 Å². The minimum Gasteiger partial charge on any atom is -0.455 e. The highest BCUT2D eigenvalue weighted by molar-refractivity contribution is 5.97. The first-order chi connectivity index (χ1) is 15.2. The van der Waals surface area contributed by atoms with Gasteiger partial charge < -0.3 is 10.1 Å². The zero-order valence-electron chi connectivity index (χ0n) is 17.1. The molecule has 0 aromatic heterocycles. The second-order valence-electron chi connectivity index (χ2n) is 7.18. The predicted molar refractivity (Wildman–Crippen MR) is 111 cm³/mol. The van der Waals surface area contributed by atoms with Gasteiger partial charge in [0.25, 0.3) is 17.5 Å². The SMILES string of the molecule is Cc1cccc(C(=O)NN2C[C@@H](C(=O)OCC(=O)Nc3cccc([N+](=O)[O-])c3)CC2=O)c1. The van der Waals surface area contributed by atoms with Crippen molar-refractivity contribution in [2.24, 2.45) is 5.92 Å². The van der Waals surface area contributed by atoms with E-state index in [1.807, 2.05) is 13.0 Å². The van der Waals surface area contributed by atoms with E-state index in [0.29, 0.717) is 5.56 Å². The van der Waals surface area contributed by atoms with Gasteiger partial charge in [0.2, 0.25) is 5.91 Å². The summed E-state index contributed by atoms with van der Waals surface area (Å²) in [5.41, 5.74) is 3.72. The smallest absolute Gasteiger partial charge is 0.311 e. The highest BCUT2D eigenvalue weighted by Crippen LogP contribution is 2.19. The van der Waals surface area contributed by atoms with Crippen LogP contribution in [-0.4, -0.2) is 46.8 Å². The van der Waals surface area contributed by atoms with Gasteiger partial charge in [-0.15, -0.1) is 0 Å². The number of hydrogen-bond acceptors (Lipinski definition) is 7. The molecule has 0 spiro atoms. The number of aryl methyl sites for hydroxylation is 1. The number of ether oxygens (including phenoxy) is 1. The van der Waals surface area contributed by atoms with Crippen molar-refractivity contribution < 1.29 is 28.8 Å². The van der Waals surface area contributed by atoms with Crippen molar-refractivity contribution in [1.29, 1.82) is 0 Å². The Morgan fingerprint density at radius 2 is 1.94 bits per heavy atom. The number of carbonyl (C=O) groups is 4. The molecule has 1 aliphatic heterocycles. The molecule has 1 saturated heterocycles. The molecule has 0 unspecified atom stereocenters. The fraction of sp³-hybridized carbons (Fsp3) is 0.238. The Kier molecular flexibility index (Phi) is 6.78. The molecule has 0 aliphatic carbocycles. The Bertz CT molecular complexity index is 1090. The zero-order chi connectivity index (χ0) is 23.3. The van der Waals surface area contributed by atoms with Gasteiger partial charge in [-0.25, -0.2) is 0 Å². The second-order valence-corrected chi connectivity index (χ2v) is 7.18. The molecule has 166 valence electrons. The van der Waals surface area contributed by atoms with Gasteiger partial charge in [0.05, 0.1) is 17.4 Å². The number of nitro benzene ring substituents is 1. The summed E-state index contributed by atoms with van der Waals surface area (Å²) in [6, 6.07) is 12.1. The number of non-ortho nitro benzene ring substituents is 1. The highest BCUT2D eigenvalue weighted by Gasteiger charge is 2.36. The average molecular weight is 440 g/mol. The minimum absolute atomic E-state index is 0.0816. The van der Waals surface area contributed by atoms with E-state index in [-0.39, 0.29) is 24.3 Å². The zero-order valence-corrected chi connectivity index (χ0v) is 17.1. The van der Waals surface area contributed by atoms with Crippen LogP contribution in [0.2, 0.25) is 0 Å². The Morgan fingerprint density at radius 1 is 1.19 bits per heavy atom. The molecule has 1 aliphatic rings. The molecule has 0 saturated carbocycles. The van der Waals surface area contributed by atoms with Crippen LogP contribution in [0.4, 0.5) is 11.4 Å². The topological polar surface area (TPSA) is 148 Å². The summed E-state index contributed by atoms with van der Waals surface area (Å²) < 4.78 is 4.96. The van der Waals surface area contributed by atoms with Crippen molar-refractivity contribution >= 4 is 35.1 Å². The largest absolute Gasteiger partial charge is 0.455 e. The number of nitro groups is 1. The molecule has 3 amide bonds. The molecule has 32 heavy (non-hydrogen) atoms. The quantitative estimate of drug-likeness (QED) is 0.377. The predicted octanol–water partition coefficient (Wildman–Crippen LogP) is 1.58. The monoisotopic (exact) mass is 440 g/mol. The van der Waals surface area contributed by atoms with Crippen molar-refractivity contribution in [2.75, 3.05) is 18.5 Å². The minimum atomic E-state index is -0.842. The third kappa shape index (κ3) is 5.65. The van der Waals surface area contributed by atoms with Crippen molar-refractivity contribution in [3.63, 3.8) is 0 Å². The van der Waals surface area contributed by atoms with E-state index in [4.69, 9.17) is 4.74 Å². The normalized spacial score (nSPS) is 15.2. The molecule has 1 atom stereocenters. The first-order valence-electron chi connectivity index (χ1n) is 9.62. The average Bonchev–Trinajstić information content (AvgIpc) is 3.12. The molecule has 2 N–H and O–H groups in total. The van der Waals surface area contributed by atoms with Gasteiger partial charge in [0, 0.05) is 29.8 Å². The van der Waals surface area contributed by atoms with E-state index in [1.54, 1.807) is 18.2 Å². The summed E-state index contributed by atoms with van der Waals surface area (Å²) in [7, 11) is 0. The number of hydrogen-bond donors (Lipinski definition) is 2. The summed E-state index contributed by atoms with van der Waals surface area (Å²) in [4.78, 5) is 58.9. The number of carbonyl (C=O) groups excluding carboxylic acids is 4. The fourth-order valence-electron chi connectivity index (χ4n) is 3.10. The van der Waals surface area contributed by atoms with E-state index in [0.717, 1.165) is 10.6 Å². The molecule has 0 radical (unpaired) electrons. The third-order valence-corrected chi connectivity index (χ3v) is 4.66. The van der Waals surface area contributed by atoms with E-state index < -0.39 is 41.1 Å². The maximum Gasteiger partial charge on any atom is 0.311 e. The Morgan fingerprint density at radius 3 is 2.66 bits per heavy atom. The molecule has 3 rings (SSSR count). The maximum atomic E-state index is 12.3. The van der Waals surface area contributed by atoms with Crippen LogP contribution < -0.4 is 10.7 Å². The van der Waals surface area contributed by atoms with E-state index in [1.165, 1.54) is 24.3 Å². The molecule has 1 heterocycles. The summed E-state index contributed by atoms with van der Waals surface area (Å²) in [6.45, 7) is 1.13. The Labute approximate surface area is 182 Å². The number of nitrogens with one attached hydrogen (secondary N) is 2. The van der Waals surface area contributed by atoms with E-state index >= 15 is 0 Å². The Balaban J connectivity index is 1.49. The molecular formula is C21H20N4O7. The molecular weight excluding hydrogens is 420 g/mol. The van der Waals surface area contributed by atoms with Crippen molar-refractivity contribution in [2.45, 2.75) is 13.3 Å². The van der Waals surface area contributed by atoms with Crippen LogP contribution in [-0.2, 0) is 19.1 Å².